The third-order valence-electron chi connectivity index (χ3n) is 15.7. The Bertz CT molecular complexity index is 1210. The fraction of sp³-hybridized carbons (Fsp3) is 0.921. The topological polar surface area (TPSA) is 148 Å². The van der Waals surface area contributed by atoms with Crippen molar-refractivity contribution in [3.63, 3.8) is 0 Å². The van der Waals surface area contributed by atoms with Crippen LogP contribution in [0, 0.1) is 62.6 Å². The molecule has 0 aromatic carbocycles. The van der Waals surface area contributed by atoms with Gasteiger partial charge in [0.2, 0.25) is 0 Å². The average Bonchev–Trinajstić information content (AvgIpc) is 3.19. The van der Waals surface area contributed by atoms with Crippen LogP contribution in [-0.4, -0.2) is 79.8 Å². The maximum Gasteiger partial charge on any atom is 0.302 e. The zero-order valence-corrected chi connectivity index (χ0v) is 29.3. The SMILES string of the molecule is CC(=O)O[C@H]1CC[C@@]2(C)C(CC[C@@]3(C)C4CC[C@@]5([C@H](O)[C@@H](O)C6C(O)C(CO)[C@H](O)C6O)CCC(C)(C)CC5C4=CCC32)C1(C)C. The fourth-order valence-electron chi connectivity index (χ4n) is 13.2. The number of aliphatic hydroxyl groups is 6. The molecule has 0 aromatic heterocycles. The average molecular weight is 647 g/mol. The molecular formula is C38H62O8. The van der Waals surface area contributed by atoms with E-state index < -0.39 is 54.4 Å². The Labute approximate surface area is 276 Å². The minimum atomic E-state index is -1.42. The number of carbonyl (C=O) groups excluding carboxylic acids is 1. The standard InChI is InChI=1S/C38H62O8/c1-20(40)46-27-12-14-37(7)25(35(27,4)5)11-13-36(6)23-10-15-38(17-16-34(2,3)18-24(38)21(23)8-9-26(36)37)33(45)32(44)28-29(41)22(19-39)30(42)31(28)43/h8,22-33,39,41-45H,9-19H2,1-7H3/t22?,23?,24?,25?,26?,27-,28?,29?,30-,31?,32-,33+,36-,37-,38+/m0/s1. The van der Waals surface area contributed by atoms with Crippen LogP contribution in [0.15, 0.2) is 11.6 Å². The molecule has 15 atom stereocenters. The van der Waals surface area contributed by atoms with Crippen LogP contribution in [0.4, 0.5) is 0 Å². The normalized spacial score (nSPS) is 50.6. The molecular weight excluding hydrogens is 584 g/mol. The van der Waals surface area contributed by atoms with Gasteiger partial charge < -0.3 is 35.4 Å². The molecule has 0 spiro atoms. The predicted octanol–water partition coefficient (Wildman–Crippen LogP) is 4.37. The number of fused-ring (bicyclic) bond motifs is 7. The van der Waals surface area contributed by atoms with Gasteiger partial charge in [-0.25, -0.2) is 0 Å². The molecule has 8 unspecified atom stereocenters. The summed E-state index contributed by atoms with van der Waals surface area (Å²) in [5.74, 6) is -0.854. The maximum absolute atomic E-state index is 12.2. The summed E-state index contributed by atoms with van der Waals surface area (Å²) >= 11 is 0. The van der Waals surface area contributed by atoms with E-state index in [-0.39, 0.29) is 39.7 Å². The first-order valence-electron chi connectivity index (χ1n) is 18.2. The van der Waals surface area contributed by atoms with Crippen LogP contribution in [-0.2, 0) is 9.53 Å². The van der Waals surface area contributed by atoms with Gasteiger partial charge in [-0.1, -0.05) is 53.2 Å². The molecule has 6 aliphatic carbocycles. The number of hydrogen-bond acceptors (Lipinski definition) is 8. The van der Waals surface area contributed by atoms with Gasteiger partial charge in [0.05, 0.1) is 37.1 Å². The first-order valence-corrected chi connectivity index (χ1v) is 18.2. The Balaban J connectivity index is 1.33. The van der Waals surface area contributed by atoms with Crippen molar-refractivity contribution in [3.05, 3.63) is 11.6 Å². The van der Waals surface area contributed by atoms with Gasteiger partial charge >= 0.3 is 5.97 Å². The van der Waals surface area contributed by atoms with Crippen LogP contribution in [0.3, 0.4) is 0 Å². The Morgan fingerprint density at radius 1 is 0.848 bits per heavy atom. The summed E-state index contributed by atoms with van der Waals surface area (Å²) < 4.78 is 5.89. The molecule has 0 saturated heterocycles. The molecule has 6 rings (SSSR count). The van der Waals surface area contributed by atoms with Crippen molar-refractivity contribution >= 4 is 5.97 Å². The summed E-state index contributed by atoms with van der Waals surface area (Å²) in [4.78, 5) is 12.0. The van der Waals surface area contributed by atoms with E-state index in [0.717, 1.165) is 64.2 Å². The van der Waals surface area contributed by atoms with E-state index in [0.29, 0.717) is 17.8 Å². The van der Waals surface area contributed by atoms with Gasteiger partial charge in [-0.3, -0.25) is 4.79 Å². The summed E-state index contributed by atoms with van der Waals surface area (Å²) in [6.07, 6.45) is 5.19. The number of esters is 1. The van der Waals surface area contributed by atoms with Gasteiger partial charge in [0, 0.05) is 29.6 Å². The predicted molar refractivity (Wildman–Crippen MR) is 174 cm³/mol. The third kappa shape index (κ3) is 4.93. The lowest BCUT2D eigenvalue weighted by Gasteiger charge is -2.68. The molecule has 262 valence electrons. The third-order valence-corrected chi connectivity index (χ3v) is 15.7. The van der Waals surface area contributed by atoms with Crippen LogP contribution < -0.4 is 0 Å². The molecule has 0 aliphatic heterocycles. The molecule has 5 fully saturated rings. The monoisotopic (exact) mass is 646 g/mol. The lowest BCUT2D eigenvalue weighted by atomic mass is 9.36. The maximum atomic E-state index is 12.2. The first-order chi connectivity index (χ1) is 21.4. The van der Waals surface area contributed by atoms with Gasteiger partial charge in [-0.05, 0) is 104 Å². The second-order valence-corrected chi connectivity index (χ2v) is 18.6. The summed E-state index contributed by atoms with van der Waals surface area (Å²) in [5, 5.41) is 66.0. The van der Waals surface area contributed by atoms with Crippen LogP contribution in [0.5, 0.6) is 0 Å². The lowest BCUT2D eigenvalue weighted by molar-refractivity contribution is -0.205. The molecule has 6 N–H and O–H groups in total. The lowest BCUT2D eigenvalue weighted by Crippen LogP contribution is -2.63. The fourth-order valence-corrected chi connectivity index (χ4v) is 13.2. The molecule has 0 amide bonds. The van der Waals surface area contributed by atoms with Crippen LogP contribution in [0.1, 0.15) is 113 Å². The van der Waals surface area contributed by atoms with Crippen molar-refractivity contribution in [1.29, 1.82) is 0 Å². The van der Waals surface area contributed by atoms with Gasteiger partial charge in [0.15, 0.2) is 0 Å². The Kier molecular flexibility index (Phi) is 8.72. The summed E-state index contributed by atoms with van der Waals surface area (Å²) in [7, 11) is 0. The van der Waals surface area contributed by atoms with E-state index in [1.807, 2.05) is 0 Å². The second kappa shape index (κ2) is 11.5. The zero-order chi connectivity index (χ0) is 33.8. The highest BCUT2D eigenvalue weighted by molar-refractivity contribution is 5.66. The molecule has 0 radical (unpaired) electrons. The van der Waals surface area contributed by atoms with Gasteiger partial charge in [0.1, 0.15) is 6.10 Å². The van der Waals surface area contributed by atoms with Gasteiger partial charge in [0.25, 0.3) is 0 Å². The van der Waals surface area contributed by atoms with Crippen molar-refractivity contribution in [2.75, 3.05) is 6.61 Å². The summed E-state index contributed by atoms with van der Waals surface area (Å²) in [6.45, 7) is 15.3. The van der Waals surface area contributed by atoms with Crippen molar-refractivity contribution in [2.45, 2.75) is 149 Å². The van der Waals surface area contributed by atoms with Crippen molar-refractivity contribution in [2.24, 2.45) is 62.6 Å². The Morgan fingerprint density at radius 3 is 2.15 bits per heavy atom. The van der Waals surface area contributed by atoms with E-state index in [2.05, 4.69) is 47.6 Å². The molecule has 8 heteroatoms. The highest BCUT2D eigenvalue weighted by atomic mass is 16.5. The zero-order valence-electron chi connectivity index (χ0n) is 29.3. The largest absolute Gasteiger partial charge is 0.462 e. The van der Waals surface area contributed by atoms with E-state index >= 15 is 0 Å². The van der Waals surface area contributed by atoms with Gasteiger partial charge in [-0.15, -0.1) is 0 Å². The van der Waals surface area contributed by atoms with Crippen LogP contribution in [0.25, 0.3) is 0 Å². The number of rotatable bonds is 5. The number of hydrogen-bond donors (Lipinski definition) is 6. The smallest absolute Gasteiger partial charge is 0.302 e. The van der Waals surface area contributed by atoms with E-state index in [1.165, 1.54) is 12.5 Å². The highest BCUT2D eigenvalue weighted by Gasteiger charge is 2.67. The quantitative estimate of drug-likeness (QED) is 0.191. The first kappa shape index (κ1) is 34.8. The number of carbonyl (C=O) groups is 1. The molecule has 8 nitrogen and oxygen atoms in total. The Morgan fingerprint density at radius 2 is 1.52 bits per heavy atom. The van der Waals surface area contributed by atoms with E-state index in [9.17, 15) is 35.4 Å². The molecule has 0 aromatic rings. The minimum absolute atomic E-state index is 0.0551. The molecule has 46 heavy (non-hydrogen) atoms. The van der Waals surface area contributed by atoms with E-state index in [4.69, 9.17) is 4.74 Å². The van der Waals surface area contributed by atoms with Crippen LogP contribution >= 0.6 is 0 Å². The summed E-state index contributed by atoms with van der Waals surface area (Å²) in [6, 6.07) is 0. The minimum Gasteiger partial charge on any atom is -0.462 e. The molecule has 0 bridgehead atoms. The second-order valence-electron chi connectivity index (χ2n) is 18.6. The number of ether oxygens (including phenoxy) is 1. The summed E-state index contributed by atoms with van der Waals surface area (Å²) in [5.41, 5.74) is 1.06. The van der Waals surface area contributed by atoms with Crippen molar-refractivity contribution in [3.8, 4) is 0 Å². The Hall–Kier alpha value is -1.03. The van der Waals surface area contributed by atoms with Crippen molar-refractivity contribution < 1.29 is 40.2 Å². The van der Waals surface area contributed by atoms with Crippen molar-refractivity contribution in [1.82, 2.24) is 0 Å². The molecule has 0 heterocycles. The van der Waals surface area contributed by atoms with Gasteiger partial charge in [-0.2, -0.15) is 0 Å². The molecule has 5 saturated carbocycles. The molecule has 6 aliphatic rings. The van der Waals surface area contributed by atoms with Crippen LogP contribution in [0.2, 0.25) is 0 Å². The number of allylic oxidation sites excluding steroid dienone is 2. The highest BCUT2D eigenvalue weighted by Crippen LogP contribution is 2.72. The number of aliphatic hydroxyl groups excluding tert-OH is 6. The van der Waals surface area contributed by atoms with E-state index in [1.54, 1.807) is 0 Å².